The largest absolute Gasteiger partial charge is 0.494 e. The predicted molar refractivity (Wildman–Crippen MR) is 91.0 cm³/mol. The number of hydrogen-bond acceptors (Lipinski definition) is 5. The van der Waals surface area contributed by atoms with Gasteiger partial charge in [-0.2, -0.15) is 8.42 Å². The second-order valence-electron chi connectivity index (χ2n) is 5.80. The van der Waals surface area contributed by atoms with Gasteiger partial charge in [-0.15, -0.1) is 0 Å². The molecule has 0 aliphatic heterocycles. The summed E-state index contributed by atoms with van der Waals surface area (Å²) in [6, 6.07) is 11.4. The van der Waals surface area contributed by atoms with Crippen LogP contribution in [0.25, 0.3) is 11.3 Å². The first-order valence-electron chi connectivity index (χ1n) is 7.50. The molecule has 0 atom stereocenters. The molecular formula is C18H11NO6S. The lowest BCUT2D eigenvalue weighted by Gasteiger charge is -2.15. The van der Waals surface area contributed by atoms with Crippen molar-refractivity contribution in [2.75, 3.05) is 0 Å². The predicted octanol–water partition coefficient (Wildman–Crippen LogP) is 2.41. The van der Waals surface area contributed by atoms with Crippen LogP contribution in [-0.2, 0) is 10.1 Å². The maximum Gasteiger partial charge on any atom is 0.294 e. The first-order valence-corrected chi connectivity index (χ1v) is 8.94. The zero-order chi connectivity index (χ0) is 18.6. The fraction of sp³-hybridized carbons (Fsp3) is 0. The molecule has 7 nitrogen and oxygen atoms in total. The van der Waals surface area contributed by atoms with Crippen molar-refractivity contribution in [2.24, 2.45) is 0 Å². The number of nitrogens with one attached hydrogen (secondary N) is 1. The van der Waals surface area contributed by atoms with Gasteiger partial charge in [0, 0.05) is 11.1 Å². The third-order valence-electron chi connectivity index (χ3n) is 4.29. The van der Waals surface area contributed by atoms with E-state index in [-0.39, 0.29) is 32.8 Å². The Balaban J connectivity index is 1.92. The van der Waals surface area contributed by atoms with Crippen molar-refractivity contribution in [1.29, 1.82) is 0 Å². The molecule has 0 amide bonds. The summed E-state index contributed by atoms with van der Waals surface area (Å²) in [4.78, 5) is 27.8. The van der Waals surface area contributed by atoms with Crippen LogP contribution in [0.15, 0.2) is 53.4 Å². The van der Waals surface area contributed by atoms with E-state index in [1.54, 1.807) is 12.1 Å². The molecule has 0 saturated heterocycles. The Bertz CT molecular complexity index is 1190. The lowest BCUT2D eigenvalue weighted by Crippen LogP contribution is -2.19. The van der Waals surface area contributed by atoms with Crippen LogP contribution in [-0.4, -0.2) is 34.6 Å². The van der Waals surface area contributed by atoms with Crippen molar-refractivity contribution in [3.05, 3.63) is 70.8 Å². The van der Waals surface area contributed by atoms with Crippen LogP contribution >= 0.6 is 0 Å². The second-order valence-corrected chi connectivity index (χ2v) is 7.22. The van der Waals surface area contributed by atoms with Gasteiger partial charge in [-0.3, -0.25) is 14.1 Å². The normalized spacial score (nSPS) is 13.4. The molecule has 3 N–H and O–H groups in total. The lowest BCUT2D eigenvalue weighted by molar-refractivity contribution is 0.0978. The van der Waals surface area contributed by atoms with Crippen molar-refractivity contribution >= 4 is 21.7 Å². The highest BCUT2D eigenvalue weighted by Crippen LogP contribution is 2.39. The molecule has 0 spiro atoms. The number of H-pyrrole nitrogens is 1. The van der Waals surface area contributed by atoms with E-state index >= 15 is 0 Å². The maximum absolute atomic E-state index is 12.9. The maximum atomic E-state index is 12.9. The summed E-state index contributed by atoms with van der Waals surface area (Å²) >= 11 is 0. The summed E-state index contributed by atoms with van der Waals surface area (Å²) in [5.74, 6) is -1.31. The Morgan fingerprint density at radius 1 is 0.808 bits per heavy atom. The molecule has 4 rings (SSSR count). The number of benzene rings is 2. The van der Waals surface area contributed by atoms with E-state index in [0.29, 0.717) is 5.56 Å². The molecule has 1 aliphatic carbocycles. The molecule has 130 valence electrons. The number of aromatic amines is 1. The number of aromatic hydroxyl groups is 1. The highest BCUT2D eigenvalue weighted by molar-refractivity contribution is 7.85. The number of ketones is 2. The standard InChI is InChI=1S/C18H11NO6S/c20-16-11-3-1-2-4-12(11)17(21)14-13(16)15(19-18(14)22)9-5-7-10(8-6-9)26(23,24)25/h1-8,19,22H,(H,23,24,25). The molecule has 1 heterocycles. The van der Waals surface area contributed by atoms with Gasteiger partial charge in [-0.1, -0.05) is 36.4 Å². The molecule has 26 heavy (non-hydrogen) atoms. The molecule has 8 heteroatoms. The zero-order valence-electron chi connectivity index (χ0n) is 13.1. The van der Waals surface area contributed by atoms with Crippen LogP contribution in [0.2, 0.25) is 0 Å². The van der Waals surface area contributed by atoms with E-state index < -0.39 is 27.6 Å². The molecule has 2 aromatic carbocycles. The first-order chi connectivity index (χ1) is 12.3. The summed E-state index contributed by atoms with van der Waals surface area (Å²) in [5.41, 5.74) is 0.961. The fourth-order valence-electron chi connectivity index (χ4n) is 3.09. The summed E-state index contributed by atoms with van der Waals surface area (Å²) in [7, 11) is -4.35. The first kappa shape index (κ1) is 16.2. The molecule has 0 radical (unpaired) electrons. The minimum absolute atomic E-state index is 0.0332. The zero-order valence-corrected chi connectivity index (χ0v) is 13.9. The highest BCUT2D eigenvalue weighted by atomic mass is 32.2. The van der Waals surface area contributed by atoms with E-state index in [0.717, 1.165) is 12.1 Å². The van der Waals surface area contributed by atoms with Crippen molar-refractivity contribution in [3.63, 3.8) is 0 Å². The number of aromatic nitrogens is 1. The minimum Gasteiger partial charge on any atom is -0.494 e. The van der Waals surface area contributed by atoms with Crippen LogP contribution in [0.1, 0.15) is 31.8 Å². The third kappa shape index (κ3) is 2.27. The Labute approximate surface area is 147 Å². The Morgan fingerprint density at radius 2 is 1.35 bits per heavy atom. The van der Waals surface area contributed by atoms with Crippen LogP contribution < -0.4 is 0 Å². The quantitative estimate of drug-likeness (QED) is 0.466. The monoisotopic (exact) mass is 369 g/mol. The van der Waals surface area contributed by atoms with Gasteiger partial charge in [0.1, 0.15) is 0 Å². The van der Waals surface area contributed by atoms with E-state index in [9.17, 15) is 23.1 Å². The van der Waals surface area contributed by atoms with E-state index in [4.69, 9.17) is 4.55 Å². The summed E-state index contributed by atoms with van der Waals surface area (Å²) in [5, 5.41) is 10.2. The van der Waals surface area contributed by atoms with Crippen molar-refractivity contribution in [1.82, 2.24) is 4.98 Å². The van der Waals surface area contributed by atoms with E-state index in [2.05, 4.69) is 4.98 Å². The van der Waals surface area contributed by atoms with Crippen molar-refractivity contribution in [2.45, 2.75) is 4.90 Å². The molecule has 0 fully saturated rings. The van der Waals surface area contributed by atoms with Gasteiger partial charge < -0.3 is 10.1 Å². The Morgan fingerprint density at radius 3 is 1.88 bits per heavy atom. The molecule has 0 saturated carbocycles. The minimum atomic E-state index is -4.35. The summed E-state index contributed by atoms with van der Waals surface area (Å²) < 4.78 is 31.4. The van der Waals surface area contributed by atoms with Crippen molar-refractivity contribution in [3.8, 4) is 17.1 Å². The third-order valence-corrected chi connectivity index (χ3v) is 5.16. The number of hydrogen-bond donors (Lipinski definition) is 3. The van der Waals surface area contributed by atoms with Gasteiger partial charge in [0.15, 0.2) is 11.6 Å². The number of carbonyl (C=O) groups is 2. The fourth-order valence-corrected chi connectivity index (χ4v) is 3.57. The SMILES string of the molecule is O=C1c2ccccc2C(=O)c2c(-c3ccc(S(=O)(=O)O)cc3)[nH]c(O)c21. The van der Waals surface area contributed by atoms with Crippen LogP contribution in [0.3, 0.4) is 0 Å². The smallest absolute Gasteiger partial charge is 0.294 e. The average molecular weight is 369 g/mol. The van der Waals surface area contributed by atoms with Crippen LogP contribution in [0.4, 0.5) is 0 Å². The number of carbonyl (C=O) groups excluding carboxylic acids is 2. The summed E-state index contributed by atoms with van der Waals surface area (Å²) in [6.07, 6.45) is 0. The topological polar surface area (TPSA) is 125 Å². The highest BCUT2D eigenvalue weighted by Gasteiger charge is 2.36. The van der Waals surface area contributed by atoms with E-state index in [1.165, 1.54) is 24.3 Å². The number of rotatable bonds is 2. The molecule has 0 unspecified atom stereocenters. The van der Waals surface area contributed by atoms with Gasteiger partial charge in [0.05, 0.1) is 21.7 Å². The molecule has 0 bridgehead atoms. The average Bonchev–Trinajstić information content (AvgIpc) is 2.97. The molecule has 3 aromatic rings. The van der Waals surface area contributed by atoms with Crippen LogP contribution in [0, 0.1) is 0 Å². The Kier molecular flexibility index (Phi) is 3.36. The van der Waals surface area contributed by atoms with Gasteiger partial charge in [-0.05, 0) is 17.7 Å². The van der Waals surface area contributed by atoms with Gasteiger partial charge in [0.25, 0.3) is 10.1 Å². The van der Waals surface area contributed by atoms with Crippen LogP contribution in [0.5, 0.6) is 5.88 Å². The molecule has 1 aromatic heterocycles. The Hall–Kier alpha value is -3.23. The van der Waals surface area contributed by atoms with E-state index in [1.807, 2.05) is 0 Å². The molecular weight excluding hydrogens is 358 g/mol. The van der Waals surface area contributed by atoms with Gasteiger partial charge in [-0.25, -0.2) is 0 Å². The van der Waals surface area contributed by atoms with Crippen molar-refractivity contribution < 1.29 is 27.7 Å². The second kappa shape index (κ2) is 5.38. The number of fused-ring (bicyclic) bond motifs is 2. The lowest BCUT2D eigenvalue weighted by atomic mass is 9.84. The summed E-state index contributed by atoms with van der Waals surface area (Å²) in [6.45, 7) is 0. The van der Waals surface area contributed by atoms with Gasteiger partial charge in [0.2, 0.25) is 5.88 Å². The molecule has 1 aliphatic rings. The van der Waals surface area contributed by atoms with Gasteiger partial charge >= 0.3 is 0 Å².